The summed E-state index contributed by atoms with van der Waals surface area (Å²) in [5.41, 5.74) is 1.77. The third-order valence-electron chi connectivity index (χ3n) is 3.58. The number of aromatic nitrogens is 2. The van der Waals surface area contributed by atoms with Crippen molar-refractivity contribution in [1.29, 1.82) is 0 Å². The monoisotopic (exact) mass is 362 g/mol. The molecule has 2 aromatic rings. The minimum atomic E-state index is -0.371. The fraction of sp³-hybridized carbons (Fsp3) is 0.375. The van der Waals surface area contributed by atoms with Gasteiger partial charge < -0.3 is 14.4 Å². The number of carbonyl (C=O) groups excluding carboxylic acids is 2. The largest absolute Gasteiger partial charge is 0.487 e. The van der Waals surface area contributed by atoms with Gasteiger partial charge in [0.15, 0.2) is 5.13 Å². The van der Waals surface area contributed by atoms with Crippen LogP contribution in [0.2, 0.25) is 0 Å². The van der Waals surface area contributed by atoms with Crippen molar-refractivity contribution in [1.82, 2.24) is 14.9 Å². The van der Waals surface area contributed by atoms with Crippen LogP contribution in [0.15, 0.2) is 17.5 Å². The predicted molar refractivity (Wildman–Crippen MR) is 92.2 cm³/mol. The summed E-state index contributed by atoms with van der Waals surface area (Å²) in [6.45, 7) is 4.56. The van der Waals surface area contributed by atoms with Gasteiger partial charge in [-0.15, -0.1) is 11.3 Å². The smallest absolute Gasteiger partial charge is 0.409 e. The maximum Gasteiger partial charge on any atom is 0.409 e. The lowest BCUT2D eigenvalue weighted by Crippen LogP contribution is -2.56. The summed E-state index contributed by atoms with van der Waals surface area (Å²) in [4.78, 5) is 33.7. The average molecular weight is 362 g/mol. The Hall–Kier alpha value is -2.68. The van der Waals surface area contributed by atoms with Crippen LogP contribution in [0.3, 0.4) is 0 Å². The van der Waals surface area contributed by atoms with E-state index in [0.717, 1.165) is 5.69 Å². The van der Waals surface area contributed by atoms with Crippen molar-refractivity contribution in [2.75, 3.05) is 25.5 Å². The number of hydrogen-bond donors (Lipinski definition) is 1. The summed E-state index contributed by atoms with van der Waals surface area (Å²) in [7, 11) is 1.34. The molecule has 1 saturated heterocycles. The Morgan fingerprint density at radius 2 is 2.00 bits per heavy atom. The van der Waals surface area contributed by atoms with E-state index in [1.165, 1.54) is 23.3 Å². The third kappa shape index (κ3) is 4.05. The second-order valence-electron chi connectivity index (χ2n) is 5.69. The van der Waals surface area contributed by atoms with Crippen molar-refractivity contribution in [3.63, 3.8) is 0 Å². The lowest BCUT2D eigenvalue weighted by atomic mass is 10.2. The Balaban J connectivity index is 1.64. The van der Waals surface area contributed by atoms with E-state index in [-0.39, 0.29) is 23.8 Å². The van der Waals surface area contributed by atoms with Gasteiger partial charge in [-0.3, -0.25) is 10.1 Å². The molecule has 0 unspecified atom stereocenters. The minimum absolute atomic E-state index is 0.126. The van der Waals surface area contributed by atoms with Crippen molar-refractivity contribution in [3.05, 3.63) is 34.6 Å². The molecule has 1 aliphatic heterocycles. The summed E-state index contributed by atoms with van der Waals surface area (Å²) >= 11 is 1.36. The second kappa shape index (κ2) is 7.06. The van der Waals surface area contributed by atoms with Gasteiger partial charge in [-0.05, 0) is 13.8 Å². The number of nitrogens with one attached hydrogen (secondary N) is 1. The van der Waals surface area contributed by atoms with E-state index in [4.69, 9.17) is 4.74 Å². The van der Waals surface area contributed by atoms with Gasteiger partial charge >= 0.3 is 6.09 Å². The Morgan fingerprint density at radius 1 is 1.24 bits per heavy atom. The number of hydrogen-bond acceptors (Lipinski definition) is 7. The van der Waals surface area contributed by atoms with E-state index >= 15 is 0 Å². The molecule has 0 atom stereocenters. The number of ether oxygens (including phenoxy) is 2. The quantitative estimate of drug-likeness (QED) is 0.896. The molecular weight excluding hydrogens is 344 g/mol. The average Bonchev–Trinajstić information content (AvgIpc) is 2.94. The molecule has 0 radical (unpaired) electrons. The van der Waals surface area contributed by atoms with Crippen molar-refractivity contribution in [2.24, 2.45) is 0 Å². The first-order valence-electron chi connectivity index (χ1n) is 7.66. The van der Waals surface area contributed by atoms with Gasteiger partial charge in [0.1, 0.15) is 17.5 Å². The van der Waals surface area contributed by atoms with Crippen molar-refractivity contribution in [2.45, 2.75) is 20.0 Å². The predicted octanol–water partition coefficient (Wildman–Crippen LogP) is 2.24. The molecule has 2 amide bonds. The molecule has 1 N–H and O–H groups in total. The first-order chi connectivity index (χ1) is 11.9. The summed E-state index contributed by atoms with van der Waals surface area (Å²) in [6, 6.07) is 3.34. The van der Waals surface area contributed by atoms with Crippen LogP contribution >= 0.6 is 11.3 Å². The molecule has 132 valence electrons. The topological polar surface area (TPSA) is 93.6 Å². The molecule has 0 aliphatic carbocycles. The first-order valence-corrected chi connectivity index (χ1v) is 8.54. The zero-order chi connectivity index (χ0) is 18.0. The number of aryl methyl sites for hydroxylation is 2. The maximum absolute atomic E-state index is 12.3. The number of likely N-dealkylation sites (tertiary alicyclic amines) is 1. The number of carbonyl (C=O) groups is 2. The summed E-state index contributed by atoms with van der Waals surface area (Å²) in [6.07, 6.45) is -0.497. The van der Waals surface area contributed by atoms with E-state index in [2.05, 4.69) is 20.0 Å². The molecule has 0 bridgehead atoms. The number of methoxy groups -OCH3 is 1. The van der Waals surface area contributed by atoms with E-state index in [9.17, 15) is 9.59 Å². The van der Waals surface area contributed by atoms with Crippen LogP contribution in [-0.4, -0.2) is 53.2 Å². The van der Waals surface area contributed by atoms with Gasteiger partial charge in [0.05, 0.1) is 25.9 Å². The van der Waals surface area contributed by atoms with Gasteiger partial charge in [0, 0.05) is 23.2 Å². The van der Waals surface area contributed by atoms with Crippen LogP contribution in [0.1, 0.15) is 21.9 Å². The number of thiazole rings is 1. The Bertz CT molecular complexity index is 801. The normalized spacial score (nSPS) is 14.0. The van der Waals surface area contributed by atoms with Gasteiger partial charge in [-0.25, -0.2) is 14.8 Å². The van der Waals surface area contributed by atoms with Crippen molar-refractivity contribution >= 4 is 28.5 Å². The Morgan fingerprint density at radius 3 is 2.64 bits per heavy atom. The van der Waals surface area contributed by atoms with Crippen LogP contribution in [-0.2, 0) is 4.74 Å². The SMILES string of the molecule is COC(=O)N1CC(Oc2cc(C)nc(C(=O)Nc3nc(C)cs3)c2)C1. The van der Waals surface area contributed by atoms with E-state index in [1.807, 2.05) is 12.3 Å². The highest BCUT2D eigenvalue weighted by Crippen LogP contribution is 2.21. The summed E-state index contributed by atoms with van der Waals surface area (Å²) < 4.78 is 10.5. The molecule has 25 heavy (non-hydrogen) atoms. The van der Waals surface area contributed by atoms with E-state index < -0.39 is 0 Å². The number of amides is 2. The highest BCUT2D eigenvalue weighted by Gasteiger charge is 2.33. The molecular formula is C16H18N4O4S. The third-order valence-corrected chi connectivity index (χ3v) is 4.46. The van der Waals surface area contributed by atoms with E-state index in [0.29, 0.717) is 29.7 Å². The summed E-state index contributed by atoms with van der Waals surface area (Å²) in [5.74, 6) is 0.204. The molecule has 1 aliphatic rings. The van der Waals surface area contributed by atoms with Crippen LogP contribution in [0.5, 0.6) is 5.75 Å². The minimum Gasteiger partial charge on any atom is -0.487 e. The lowest BCUT2D eigenvalue weighted by Gasteiger charge is -2.37. The van der Waals surface area contributed by atoms with Crippen LogP contribution < -0.4 is 10.1 Å². The Kier molecular flexibility index (Phi) is 4.84. The molecule has 0 spiro atoms. The Labute approximate surface area is 148 Å². The molecule has 0 aromatic carbocycles. The standard InChI is InChI=1S/C16H18N4O4S/c1-9-4-11(24-12-6-20(7-12)16(22)23-3)5-13(17-9)14(21)19-15-18-10(2)8-25-15/h4-5,8,12H,6-7H2,1-3H3,(H,18,19,21). The molecule has 0 saturated carbocycles. The maximum atomic E-state index is 12.3. The lowest BCUT2D eigenvalue weighted by molar-refractivity contribution is 0.0182. The number of nitrogens with zero attached hydrogens (tertiary/aromatic N) is 3. The first kappa shape index (κ1) is 17.2. The summed E-state index contributed by atoms with van der Waals surface area (Å²) in [5, 5.41) is 5.11. The second-order valence-corrected chi connectivity index (χ2v) is 6.55. The zero-order valence-electron chi connectivity index (χ0n) is 14.1. The molecule has 9 heteroatoms. The number of rotatable bonds is 4. The van der Waals surface area contributed by atoms with Crippen LogP contribution in [0.4, 0.5) is 9.93 Å². The fourth-order valence-electron chi connectivity index (χ4n) is 2.38. The van der Waals surface area contributed by atoms with Gasteiger partial charge in [0.2, 0.25) is 0 Å². The van der Waals surface area contributed by atoms with Gasteiger partial charge in [0.25, 0.3) is 5.91 Å². The van der Waals surface area contributed by atoms with Crippen molar-refractivity contribution < 1.29 is 19.1 Å². The highest BCUT2D eigenvalue weighted by molar-refractivity contribution is 7.13. The zero-order valence-corrected chi connectivity index (χ0v) is 14.9. The van der Waals surface area contributed by atoms with Gasteiger partial charge in [-0.1, -0.05) is 0 Å². The fourth-order valence-corrected chi connectivity index (χ4v) is 3.06. The van der Waals surface area contributed by atoms with Crippen LogP contribution in [0, 0.1) is 13.8 Å². The molecule has 3 heterocycles. The molecule has 8 nitrogen and oxygen atoms in total. The number of anilines is 1. The molecule has 1 fully saturated rings. The van der Waals surface area contributed by atoms with Crippen LogP contribution in [0.25, 0.3) is 0 Å². The number of pyridine rings is 1. The molecule has 2 aromatic heterocycles. The molecule has 3 rings (SSSR count). The van der Waals surface area contributed by atoms with E-state index in [1.54, 1.807) is 19.1 Å². The van der Waals surface area contributed by atoms with Crippen molar-refractivity contribution in [3.8, 4) is 5.75 Å². The van der Waals surface area contributed by atoms with Gasteiger partial charge in [-0.2, -0.15) is 0 Å². The highest BCUT2D eigenvalue weighted by atomic mass is 32.1.